The summed E-state index contributed by atoms with van der Waals surface area (Å²) in [5, 5.41) is 46.9. The molecular formula is C24H35N5O10S2. The molecule has 0 heterocycles. The zero-order valence-corrected chi connectivity index (χ0v) is 23.8. The summed E-state index contributed by atoms with van der Waals surface area (Å²) >= 11 is 5.20. The van der Waals surface area contributed by atoms with E-state index < -0.39 is 78.8 Å². The molecule has 0 radical (unpaired) electrons. The van der Waals surface area contributed by atoms with Crippen LogP contribution in [0.25, 0.3) is 0 Å². The van der Waals surface area contributed by atoms with E-state index in [2.05, 4.69) is 33.9 Å². The number of carbonyl (C=O) groups excluding carboxylic acids is 4. The van der Waals surface area contributed by atoms with E-state index in [1.54, 1.807) is 6.26 Å². The zero-order chi connectivity index (χ0) is 31.1. The second kappa shape index (κ2) is 18.0. The van der Waals surface area contributed by atoms with E-state index in [0.29, 0.717) is 11.3 Å². The summed E-state index contributed by atoms with van der Waals surface area (Å²) in [6, 6.07) is -1.40. The molecule has 10 N–H and O–H groups in total. The molecule has 41 heavy (non-hydrogen) atoms. The van der Waals surface area contributed by atoms with E-state index in [-0.39, 0.29) is 24.3 Å². The number of carbonyl (C=O) groups is 6. The maximum absolute atomic E-state index is 13.0. The van der Waals surface area contributed by atoms with Crippen LogP contribution < -0.4 is 27.0 Å². The number of thioether (sulfide) groups is 1. The number of aliphatic hydroxyl groups excluding tert-OH is 1. The summed E-state index contributed by atoms with van der Waals surface area (Å²) in [7, 11) is 0. The van der Waals surface area contributed by atoms with Gasteiger partial charge in [-0.2, -0.15) is 24.4 Å². The van der Waals surface area contributed by atoms with Gasteiger partial charge in [0, 0.05) is 12.2 Å². The number of aromatic hydroxyl groups is 1. The smallest absolute Gasteiger partial charge is 0.326 e. The van der Waals surface area contributed by atoms with Gasteiger partial charge in [0.15, 0.2) is 0 Å². The van der Waals surface area contributed by atoms with Crippen molar-refractivity contribution in [3.8, 4) is 5.75 Å². The van der Waals surface area contributed by atoms with Crippen LogP contribution in [0.3, 0.4) is 0 Å². The van der Waals surface area contributed by atoms with Crippen LogP contribution in [0.1, 0.15) is 18.4 Å². The molecule has 0 bridgehead atoms. The molecule has 1 rings (SSSR count). The second-order valence-electron chi connectivity index (χ2n) is 8.80. The van der Waals surface area contributed by atoms with Gasteiger partial charge in [-0.15, -0.1) is 0 Å². The van der Waals surface area contributed by atoms with Crippen molar-refractivity contribution in [2.75, 3.05) is 24.4 Å². The predicted octanol–water partition coefficient (Wildman–Crippen LogP) is -2.56. The van der Waals surface area contributed by atoms with E-state index in [1.807, 2.05) is 0 Å². The number of carboxylic acids is 2. The third-order valence-corrected chi connectivity index (χ3v) is 6.63. The fourth-order valence-electron chi connectivity index (χ4n) is 3.33. The maximum atomic E-state index is 13.0. The lowest BCUT2D eigenvalue weighted by atomic mass is 10.0. The number of benzene rings is 1. The highest BCUT2D eigenvalue weighted by molar-refractivity contribution is 7.98. The maximum Gasteiger partial charge on any atom is 0.326 e. The van der Waals surface area contributed by atoms with Crippen LogP contribution in [0.5, 0.6) is 5.75 Å². The molecule has 0 aromatic heterocycles. The third-order valence-electron chi connectivity index (χ3n) is 5.60. The van der Waals surface area contributed by atoms with Gasteiger partial charge in [0.25, 0.3) is 0 Å². The highest BCUT2D eigenvalue weighted by atomic mass is 32.2. The van der Waals surface area contributed by atoms with Crippen LogP contribution in [-0.4, -0.2) is 111 Å². The minimum absolute atomic E-state index is 0.0265. The van der Waals surface area contributed by atoms with Gasteiger partial charge in [-0.1, -0.05) is 12.1 Å². The van der Waals surface area contributed by atoms with Gasteiger partial charge in [0.1, 0.15) is 29.9 Å². The first kappa shape index (κ1) is 35.5. The number of aliphatic hydroxyl groups is 1. The number of thiol groups is 1. The first-order valence-corrected chi connectivity index (χ1v) is 14.3. The molecule has 0 unspecified atom stereocenters. The molecule has 1 aromatic carbocycles. The van der Waals surface area contributed by atoms with Gasteiger partial charge in [0.05, 0.1) is 19.1 Å². The Morgan fingerprint density at radius 2 is 1.37 bits per heavy atom. The Labute approximate surface area is 245 Å². The third kappa shape index (κ3) is 12.7. The minimum atomic E-state index is -1.72. The van der Waals surface area contributed by atoms with E-state index in [0.717, 1.165) is 0 Å². The topological polar surface area (TPSA) is 257 Å². The Kier molecular flexibility index (Phi) is 15.6. The molecule has 15 nitrogen and oxygen atoms in total. The lowest BCUT2D eigenvalue weighted by molar-refractivity contribution is -0.143. The zero-order valence-electron chi connectivity index (χ0n) is 22.1. The molecule has 0 aliphatic heterocycles. The second-order valence-corrected chi connectivity index (χ2v) is 10.2. The molecule has 0 fully saturated rings. The predicted molar refractivity (Wildman–Crippen MR) is 151 cm³/mol. The average Bonchev–Trinajstić information content (AvgIpc) is 2.92. The van der Waals surface area contributed by atoms with Crippen molar-refractivity contribution in [1.82, 2.24) is 21.3 Å². The Bertz CT molecular complexity index is 1080. The molecule has 1 aromatic rings. The lowest BCUT2D eigenvalue weighted by Gasteiger charge is -2.25. The summed E-state index contributed by atoms with van der Waals surface area (Å²) < 4.78 is 0. The van der Waals surface area contributed by atoms with Crippen LogP contribution in [0.4, 0.5) is 0 Å². The van der Waals surface area contributed by atoms with Crippen LogP contribution in [0.15, 0.2) is 24.3 Å². The van der Waals surface area contributed by atoms with Crippen molar-refractivity contribution < 1.29 is 49.2 Å². The van der Waals surface area contributed by atoms with Crippen LogP contribution in [0, 0.1) is 0 Å². The van der Waals surface area contributed by atoms with Gasteiger partial charge in [-0.05, 0) is 36.1 Å². The number of hydrogen-bond acceptors (Lipinski definition) is 11. The van der Waals surface area contributed by atoms with E-state index >= 15 is 0 Å². The Morgan fingerprint density at radius 1 is 0.854 bits per heavy atom. The number of carboxylic acid groups (broad SMARTS) is 2. The van der Waals surface area contributed by atoms with Gasteiger partial charge in [-0.25, -0.2) is 4.79 Å². The summed E-state index contributed by atoms with van der Waals surface area (Å²) in [6.45, 7) is -0.894. The molecule has 228 valence electrons. The van der Waals surface area contributed by atoms with Crippen LogP contribution in [-0.2, 0) is 35.2 Å². The standard InChI is InChI=1S/C24H35N5O10S2/c1-41-7-6-15(21(35)28-17(24(38)39)8-12-2-4-13(31)5-3-12)26-22(36)16(9-19(32)33)27-23(37)18(10-30)29-20(34)14(25)11-40/h2-5,14-18,30-31,40H,6-11,25H2,1H3,(H,26,36)(H,27,37)(H,28,35)(H,29,34)(H,32,33)(H,38,39)/t14-,15+,16-,17-,18-/m0/s1. The Balaban J connectivity index is 3.05. The fraction of sp³-hybridized carbons (Fsp3) is 0.500. The van der Waals surface area contributed by atoms with Crippen LogP contribution in [0.2, 0.25) is 0 Å². The number of aliphatic carboxylic acids is 2. The number of nitrogens with one attached hydrogen (secondary N) is 4. The highest BCUT2D eigenvalue weighted by Gasteiger charge is 2.32. The summed E-state index contributed by atoms with van der Waals surface area (Å²) in [5.41, 5.74) is 6.04. The molecule has 5 atom stereocenters. The van der Waals surface area contributed by atoms with Gasteiger partial charge in [0.2, 0.25) is 23.6 Å². The van der Waals surface area contributed by atoms with Crippen molar-refractivity contribution in [1.29, 1.82) is 0 Å². The molecule has 0 saturated carbocycles. The molecule has 17 heteroatoms. The monoisotopic (exact) mass is 617 g/mol. The van der Waals surface area contributed by atoms with Crippen molar-refractivity contribution in [3.05, 3.63) is 29.8 Å². The number of nitrogens with two attached hydrogens (primary N) is 1. The quantitative estimate of drug-likeness (QED) is 0.0763. The molecule has 0 aliphatic carbocycles. The first-order valence-electron chi connectivity index (χ1n) is 12.2. The Morgan fingerprint density at radius 3 is 1.88 bits per heavy atom. The van der Waals surface area contributed by atoms with Crippen molar-refractivity contribution >= 4 is 60.0 Å². The average molecular weight is 618 g/mol. The van der Waals surface area contributed by atoms with Crippen molar-refractivity contribution in [3.63, 3.8) is 0 Å². The summed E-state index contributed by atoms with van der Waals surface area (Å²) in [4.78, 5) is 73.9. The molecule has 0 spiro atoms. The van der Waals surface area contributed by atoms with Gasteiger partial charge in [-0.3, -0.25) is 24.0 Å². The highest BCUT2D eigenvalue weighted by Crippen LogP contribution is 2.12. The lowest BCUT2D eigenvalue weighted by Crippen LogP contribution is -2.59. The number of rotatable bonds is 18. The molecule has 0 aliphatic rings. The molecular weight excluding hydrogens is 582 g/mol. The minimum Gasteiger partial charge on any atom is -0.508 e. The SMILES string of the molecule is CSCC[C@@H](NC(=O)[C@H](CC(=O)O)NC(=O)[C@H](CO)NC(=O)[C@@H](N)CS)C(=O)N[C@@H](Cc1ccc(O)cc1)C(=O)O. The number of phenolic OH excluding ortho intramolecular Hbond substituents is 1. The van der Waals surface area contributed by atoms with Gasteiger partial charge < -0.3 is 47.4 Å². The van der Waals surface area contributed by atoms with Gasteiger partial charge >= 0.3 is 11.9 Å². The van der Waals surface area contributed by atoms with E-state index in [1.165, 1.54) is 36.0 Å². The first-order chi connectivity index (χ1) is 19.3. The number of amides is 4. The van der Waals surface area contributed by atoms with Crippen molar-refractivity contribution in [2.24, 2.45) is 5.73 Å². The fourth-order valence-corrected chi connectivity index (χ4v) is 3.97. The number of phenols is 1. The van der Waals surface area contributed by atoms with E-state index in [4.69, 9.17) is 5.73 Å². The molecule has 0 saturated heterocycles. The van der Waals surface area contributed by atoms with Crippen LogP contribution >= 0.6 is 24.4 Å². The summed E-state index contributed by atoms with van der Waals surface area (Å²) in [6.07, 6.45) is 0.732. The van der Waals surface area contributed by atoms with E-state index in [9.17, 15) is 49.2 Å². The largest absolute Gasteiger partial charge is 0.508 e. The van der Waals surface area contributed by atoms with Crippen molar-refractivity contribution in [2.45, 2.75) is 49.5 Å². The molecule has 4 amide bonds. The Hall–Kier alpha value is -3.54. The number of hydrogen-bond donors (Lipinski definition) is 10. The summed E-state index contributed by atoms with van der Waals surface area (Å²) in [5.74, 6) is -6.39. The normalized spacial score (nSPS) is 14.4.